The summed E-state index contributed by atoms with van der Waals surface area (Å²) < 4.78 is 22.9. The smallest absolute Gasteiger partial charge is 0.233 e. The summed E-state index contributed by atoms with van der Waals surface area (Å²) in [6.45, 7) is 0.443. The maximum absolute atomic E-state index is 11.5. The van der Waals surface area contributed by atoms with Crippen LogP contribution in [0.2, 0.25) is 0 Å². The molecule has 0 aromatic carbocycles. The first-order valence-electron chi connectivity index (χ1n) is 5.15. The Morgan fingerprint density at radius 3 is 2.50 bits per heavy atom. The van der Waals surface area contributed by atoms with E-state index >= 15 is 0 Å². The number of halogens is 1. The number of hydrogen-bond donors (Lipinski definition) is 2. The van der Waals surface area contributed by atoms with Gasteiger partial charge in [-0.3, -0.25) is 4.79 Å². The second kappa shape index (κ2) is 7.09. The molecule has 0 radical (unpaired) electrons. The Morgan fingerprint density at radius 1 is 1.38 bits per heavy atom. The molecule has 5 nitrogen and oxygen atoms in total. The van der Waals surface area contributed by atoms with Crippen molar-refractivity contribution in [1.82, 2.24) is 10.6 Å². The predicted molar refractivity (Wildman–Crippen MR) is 65.6 cm³/mol. The van der Waals surface area contributed by atoms with Gasteiger partial charge in [0, 0.05) is 6.54 Å². The van der Waals surface area contributed by atoms with Crippen LogP contribution in [0.25, 0.3) is 0 Å². The second-order valence-electron chi connectivity index (χ2n) is 3.94. The third-order valence-corrected chi connectivity index (χ3v) is 4.06. The first kappa shape index (κ1) is 15.7. The van der Waals surface area contributed by atoms with E-state index in [1.165, 1.54) is 0 Å². The summed E-state index contributed by atoms with van der Waals surface area (Å²) in [6, 6.07) is 0. The molecule has 1 rings (SSSR count). The largest absolute Gasteiger partial charge is 0.354 e. The summed E-state index contributed by atoms with van der Waals surface area (Å²) in [5.41, 5.74) is 0. The van der Waals surface area contributed by atoms with Gasteiger partial charge in [0.15, 0.2) is 9.84 Å². The summed E-state index contributed by atoms with van der Waals surface area (Å²) in [4.78, 5) is 11.0. The normalized spacial score (nSPS) is 15.3. The van der Waals surface area contributed by atoms with E-state index in [2.05, 4.69) is 10.6 Å². The third-order valence-electron chi connectivity index (χ3n) is 2.26. The Kier molecular flexibility index (Phi) is 6.94. The minimum absolute atomic E-state index is 0. The summed E-state index contributed by atoms with van der Waals surface area (Å²) in [7, 11) is -1.29. The number of likely N-dealkylation sites (N-methyl/N-ethyl adjacent to an activating group) is 1. The highest BCUT2D eigenvalue weighted by Crippen LogP contribution is 2.30. The molecule has 2 N–H and O–H groups in total. The Morgan fingerprint density at radius 2 is 2.00 bits per heavy atom. The van der Waals surface area contributed by atoms with Crippen LogP contribution in [0.3, 0.4) is 0 Å². The Hall–Kier alpha value is -0.330. The van der Waals surface area contributed by atoms with Crippen molar-refractivity contribution < 1.29 is 13.2 Å². The highest BCUT2D eigenvalue weighted by Gasteiger charge is 2.27. The second-order valence-corrected chi connectivity index (χ2v) is 6.17. The molecule has 1 aliphatic rings. The molecule has 0 unspecified atom stereocenters. The van der Waals surface area contributed by atoms with Gasteiger partial charge in [-0.25, -0.2) is 8.42 Å². The average Bonchev–Trinajstić information content (AvgIpc) is 2.87. The molecule has 7 heteroatoms. The topological polar surface area (TPSA) is 75.3 Å². The van der Waals surface area contributed by atoms with Crippen molar-refractivity contribution in [1.29, 1.82) is 0 Å². The zero-order valence-corrected chi connectivity index (χ0v) is 11.0. The minimum atomic E-state index is -2.96. The van der Waals surface area contributed by atoms with Crippen molar-refractivity contribution in [3.05, 3.63) is 0 Å². The predicted octanol–water partition coefficient (Wildman–Crippen LogP) is -0.431. The van der Waals surface area contributed by atoms with Gasteiger partial charge in [0.1, 0.15) is 0 Å². The summed E-state index contributed by atoms with van der Waals surface area (Å²) in [6.07, 6.45) is 2.07. The molecule has 0 aromatic rings. The highest BCUT2D eigenvalue weighted by molar-refractivity contribution is 7.91. The number of carbonyl (C=O) groups is 1. The quantitative estimate of drug-likeness (QED) is 0.658. The number of nitrogens with one attached hydrogen (secondary N) is 2. The highest BCUT2D eigenvalue weighted by atomic mass is 35.5. The number of sulfone groups is 1. The number of rotatable bonds is 7. The van der Waals surface area contributed by atoms with Crippen LogP contribution in [0.4, 0.5) is 0 Å². The first-order chi connectivity index (χ1) is 7.03. The maximum Gasteiger partial charge on any atom is 0.233 e. The van der Waals surface area contributed by atoms with Crippen molar-refractivity contribution >= 4 is 28.2 Å². The molecule has 1 aliphatic carbocycles. The average molecular weight is 271 g/mol. The van der Waals surface area contributed by atoms with Crippen molar-refractivity contribution in [3.63, 3.8) is 0 Å². The molecule has 1 fully saturated rings. The lowest BCUT2D eigenvalue weighted by atomic mass is 10.5. The van der Waals surface area contributed by atoms with E-state index in [1.54, 1.807) is 7.05 Å². The van der Waals surface area contributed by atoms with Gasteiger partial charge >= 0.3 is 0 Å². The van der Waals surface area contributed by atoms with Gasteiger partial charge in [-0.05, 0) is 25.8 Å². The monoisotopic (exact) mass is 270 g/mol. The molecule has 0 bridgehead atoms. The van der Waals surface area contributed by atoms with E-state index in [9.17, 15) is 13.2 Å². The fourth-order valence-electron chi connectivity index (χ4n) is 1.30. The Bertz CT molecular complexity index is 315. The fourth-order valence-corrected chi connectivity index (χ4v) is 2.93. The van der Waals surface area contributed by atoms with Gasteiger partial charge < -0.3 is 10.6 Å². The number of carbonyl (C=O) groups excluding carboxylic acids is 1. The molecular weight excluding hydrogens is 252 g/mol. The molecule has 0 atom stereocenters. The lowest BCUT2D eigenvalue weighted by molar-refractivity contribution is -0.120. The molecule has 0 aliphatic heterocycles. The van der Waals surface area contributed by atoms with E-state index in [-0.39, 0.29) is 42.9 Å². The molecule has 0 heterocycles. The van der Waals surface area contributed by atoms with E-state index in [4.69, 9.17) is 0 Å². The summed E-state index contributed by atoms with van der Waals surface area (Å²) in [5.74, 6) is 0.551. The Labute approximate surface area is 103 Å². The molecule has 0 saturated heterocycles. The van der Waals surface area contributed by atoms with E-state index in [1.807, 2.05) is 0 Å². The van der Waals surface area contributed by atoms with Crippen molar-refractivity contribution in [2.75, 3.05) is 31.6 Å². The van der Waals surface area contributed by atoms with Crippen LogP contribution in [-0.4, -0.2) is 46.0 Å². The van der Waals surface area contributed by atoms with Crippen LogP contribution in [-0.2, 0) is 14.6 Å². The van der Waals surface area contributed by atoms with Crippen LogP contribution >= 0.6 is 12.4 Å². The van der Waals surface area contributed by atoms with Crippen LogP contribution < -0.4 is 10.6 Å². The van der Waals surface area contributed by atoms with Gasteiger partial charge in [-0.2, -0.15) is 0 Å². The number of hydrogen-bond acceptors (Lipinski definition) is 4. The molecule has 1 saturated carbocycles. The molecular formula is C9H19ClN2O3S. The van der Waals surface area contributed by atoms with Crippen LogP contribution in [0.5, 0.6) is 0 Å². The van der Waals surface area contributed by atoms with Gasteiger partial charge in [0.2, 0.25) is 5.91 Å². The van der Waals surface area contributed by atoms with Gasteiger partial charge in [0.05, 0.1) is 18.1 Å². The maximum atomic E-state index is 11.5. The lowest BCUT2D eigenvalue weighted by Crippen LogP contribution is -2.35. The van der Waals surface area contributed by atoms with Crippen LogP contribution in [0.15, 0.2) is 0 Å². The van der Waals surface area contributed by atoms with Crippen molar-refractivity contribution in [3.8, 4) is 0 Å². The number of amides is 1. The third kappa shape index (κ3) is 7.03. The van der Waals surface area contributed by atoms with E-state index < -0.39 is 9.84 Å². The van der Waals surface area contributed by atoms with Crippen molar-refractivity contribution in [2.45, 2.75) is 12.8 Å². The van der Waals surface area contributed by atoms with Gasteiger partial charge in [-0.15, -0.1) is 12.4 Å². The summed E-state index contributed by atoms with van der Waals surface area (Å²) >= 11 is 0. The summed E-state index contributed by atoms with van der Waals surface area (Å²) in [5, 5.41) is 5.25. The first-order valence-corrected chi connectivity index (χ1v) is 6.97. The molecule has 0 aromatic heterocycles. The molecule has 16 heavy (non-hydrogen) atoms. The van der Waals surface area contributed by atoms with Crippen molar-refractivity contribution in [2.24, 2.45) is 5.92 Å². The fraction of sp³-hybridized carbons (Fsp3) is 0.889. The Balaban J connectivity index is 0.00000225. The zero-order chi connectivity index (χ0) is 11.3. The van der Waals surface area contributed by atoms with Crippen LogP contribution in [0.1, 0.15) is 12.8 Å². The van der Waals surface area contributed by atoms with Gasteiger partial charge in [-0.1, -0.05) is 0 Å². The minimum Gasteiger partial charge on any atom is -0.354 e. The SMILES string of the molecule is CNCC(=O)NCCS(=O)(=O)CC1CC1.Cl. The van der Waals surface area contributed by atoms with Gasteiger partial charge in [0.25, 0.3) is 0 Å². The lowest BCUT2D eigenvalue weighted by Gasteiger charge is -2.05. The standard InChI is InChI=1S/C9H18N2O3S.ClH/c1-10-6-9(12)11-4-5-15(13,14)7-8-2-3-8;/h8,10H,2-7H2,1H3,(H,11,12);1H. The van der Waals surface area contributed by atoms with E-state index in [0.29, 0.717) is 5.92 Å². The molecule has 1 amide bonds. The molecule has 96 valence electrons. The van der Waals surface area contributed by atoms with Crippen LogP contribution in [0, 0.1) is 5.92 Å². The van der Waals surface area contributed by atoms with E-state index in [0.717, 1.165) is 12.8 Å². The molecule has 0 spiro atoms. The zero-order valence-electron chi connectivity index (χ0n) is 9.36.